The molecule has 5 nitrogen and oxygen atoms in total. The summed E-state index contributed by atoms with van der Waals surface area (Å²) in [7, 11) is 0. The van der Waals surface area contributed by atoms with Gasteiger partial charge in [0.15, 0.2) is 5.17 Å². The van der Waals surface area contributed by atoms with Gasteiger partial charge in [-0.3, -0.25) is 9.80 Å². The van der Waals surface area contributed by atoms with Crippen molar-refractivity contribution in [2.24, 2.45) is 4.99 Å². The van der Waals surface area contributed by atoms with Gasteiger partial charge in [0.05, 0.1) is 23.6 Å². The van der Waals surface area contributed by atoms with Gasteiger partial charge in [0, 0.05) is 0 Å². The molecular weight excluding hydrogens is 401 g/mol. The average Bonchev–Trinajstić information content (AvgIpc) is 3.09. The number of thioether (sulfide) groups is 1. The number of nitrogens with one attached hydrogen (secondary N) is 1. The van der Waals surface area contributed by atoms with Crippen LogP contribution in [0.1, 0.15) is 24.5 Å². The van der Waals surface area contributed by atoms with E-state index in [1.807, 2.05) is 43.3 Å². The molecule has 3 rings (SSSR count). The Bertz CT molecular complexity index is 967. The summed E-state index contributed by atoms with van der Waals surface area (Å²) in [5.74, 6) is -2.12. The number of alkyl halides is 3. The Hall–Kier alpha value is -2.83. The minimum absolute atomic E-state index is 0.00178. The van der Waals surface area contributed by atoms with Crippen molar-refractivity contribution in [2.75, 3.05) is 0 Å². The van der Waals surface area contributed by atoms with Gasteiger partial charge in [-0.2, -0.15) is 23.4 Å². The van der Waals surface area contributed by atoms with E-state index in [1.54, 1.807) is 12.1 Å². The van der Waals surface area contributed by atoms with E-state index in [0.717, 1.165) is 28.5 Å². The van der Waals surface area contributed by atoms with Gasteiger partial charge in [-0.15, -0.1) is 0 Å². The highest BCUT2D eigenvalue weighted by atomic mass is 32.2. The van der Waals surface area contributed by atoms with Crippen LogP contribution in [-0.2, 0) is 11.3 Å². The third kappa shape index (κ3) is 4.96. The summed E-state index contributed by atoms with van der Waals surface area (Å²) in [4.78, 5) is 14.5. The summed E-state index contributed by atoms with van der Waals surface area (Å²) in [6, 6.07) is 16.7. The summed E-state index contributed by atoms with van der Waals surface area (Å²) >= 11 is 1.10. The van der Waals surface area contributed by atoms with E-state index in [4.69, 9.17) is 0 Å². The molecule has 0 aromatic heterocycles. The van der Waals surface area contributed by atoms with E-state index in [-0.39, 0.29) is 17.1 Å². The molecule has 1 aliphatic heterocycles. The van der Waals surface area contributed by atoms with Crippen molar-refractivity contribution in [1.82, 2.24) is 10.4 Å². The number of aliphatic imine (C=N–C) groups is 1. The third-order valence-corrected chi connectivity index (χ3v) is 5.49. The van der Waals surface area contributed by atoms with Crippen LogP contribution in [0.4, 0.5) is 13.2 Å². The number of nitrogens with zero attached hydrogens (tertiary/aromatic N) is 3. The van der Waals surface area contributed by atoms with Crippen molar-refractivity contribution in [3.63, 3.8) is 0 Å². The quantitative estimate of drug-likeness (QED) is 0.794. The highest BCUT2D eigenvalue weighted by molar-refractivity contribution is 8.14. The standard InChI is InChI=1S/C20H17F3N4OS/c1-2-17-26-27(19(29-17)25-18(28)20(21,22)23)12-13-7-9-14(10-8-13)16-6-4-3-5-15(16)11-24/h3-10,17,26H,2,12H2,1H3. The molecule has 1 unspecified atom stereocenters. The maximum atomic E-state index is 12.6. The molecule has 1 fully saturated rings. The molecule has 1 atom stereocenters. The topological polar surface area (TPSA) is 68.5 Å². The summed E-state index contributed by atoms with van der Waals surface area (Å²) < 4.78 is 37.7. The number of carbonyl (C=O) groups excluding carboxylic acids is 1. The maximum absolute atomic E-state index is 12.6. The number of carbonyl (C=O) groups is 1. The van der Waals surface area contributed by atoms with Crippen LogP contribution in [-0.4, -0.2) is 27.6 Å². The van der Waals surface area contributed by atoms with Gasteiger partial charge in [0.2, 0.25) is 0 Å². The fraction of sp³-hybridized carbons (Fsp3) is 0.250. The molecule has 150 valence electrons. The number of amides is 1. The summed E-state index contributed by atoms with van der Waals surface area (Å²) in [5.41, 5.74) is 6.11. The van der Waals surface area contributed by atoms with Gasteiger partial charge >= 0.3 is 12.1 Å². The number of nitriles is 1. The van der Waals surface area contributed by atoms with Crippen molar-refractivity contribution >= 4 is 22.8 Å². The van der Waals surface area contributed by atoms with Crippen LogP contribution in [0.15, 0.2) is 53.5 Å². The molecule has 0 saturated carbocycles. The first kappa shape index (κ1) is 20.9. The average molecular weight is 418 g/mol. The minimum atomic E-state index is -5.00. The van der Waals surface area contributed by atoms with Crippen LogP contribution in [0.5, 0.6) is 0 Å². The van der Waals surface area contributed by atoms with Crippen LogP contribution >= 0.6 is 11.8 Å². The van der Waals surface area contributed by atoms with E-state index in [0.29, 0.717) is 12.0 Å². The van der Waals surface area contributed by atoms with Gasteiger partial charge in [-0.1, -0.05) is 61.2 Å². The van der Waals surface area contributed by atoms with E-state index in [9.17, 15) is 23.2 Å². The van der Waals surface area contributed by atoms with Crippen LogP contribution in [0, 0.1) is 11.3 Å². The second kappa shape index (κ2) is 8.68. The summed E-state index contributed by atoms with van der Waals surface area (Å²) in [6.45, 7) is 2.13. The fourth-order valence-electron chi connectivity index (χ4n) is 2.78. The highest BCUT2D eigenvalue weighted by Crippen LogP contribution is 2.28. The SMILES string of the molecule is CCC1NN(Cc2ccc(-c3ccccc3C#N)cc2)C(=NC(=O)C(F)(F)F)S1. The normalized spacial score (nSPS) is 18.1. The molecule has 1 amide bonds. The molecule has 0 spiro atoms. The number of hydrogen-bond donors (Lipinski definition) is 1. The number of benzene rings is 2. The minimum Gasteiger partial charge on any atom is -0.281 e. The predicted molar refractivity (Wildman–Crippen MR) is 105 cm³/mol. The number of halogens is 3. The van der Waals surface area contributed by atoms with Crippen molar-refractivity contribution in [3.8, 4) is 17.2 Å². The van der Waals surface area contributed by atoms with E-state index < -0.39 is 12.1 Å². The van der Waals surface area contributed by atoms with Crippen molar-refractivity contribution in [2.45, 2.75) is 31.4 Å². The molecular formula is C20H17F3N4OS. The zero-order chi connectivity index (χ0) is 21.0. The van der Waals surface area contributed by atoms with Gasteiger partial charge in [-0.25, -0.2) is 5.43 Å². The van der Waals surface area contributed by atoms with Gasteiger partial charge < -0.3 is 0 Å². The molecule has 0 radical (unpaired) electrons. The largest absolute Gasteiger partial charge is 0.473 e. The van der Waals surface area contributed by atoms with Crippen molar-refractivity contribution < 1.29 is 18.0 Å². The third-order valence-electron chi connectivity index (χ3n) is 4.24. The molecule has 0 bridgehead atoms. The van der Waals surface area contributed by atoms with Crippen molar-refractivity contribution in [1.29, 1.82) is 5.26 Å². The first-order valence-corrected chi connectivity index (χ1v) is 9.68. The molecule has 2 aromatic carbocycles. The van der Waals surface area contributed by atoms with E-state index in [2.05, 4.69) is 16.5 Å². The Morgan fingerprint density at radius 1 is 1.24 bits per heavy atom. The number of hydrogen-bond acceptors (Lipinski definition) is 4. The first-order valence-electron chi connectivity index (χ1n) is 8.80. The Kier molecular flexibility index (Phi) is 6.25. The lowest BCUT2D eigenvalue weighted by Gasteiger charge is -2.19. The molecule has 1 aliphatic rings. The van der Waals surface area contributed by atoms with Crippen molar-refractivity contribution in [3.05, 3.63) is 59.7 Å². The van der Waals surface area contributed by atoms with Gasteiger partial charge in [-0.05, 0) is 29.2 Å². The van der Waals surface area contributed by atoms with E-state index >= 15 is 0 Å². The lowest BCUT2D eigenvalue weighted by molar-refractivity contribution is -0.169. The molecule has 1 N–H and O–H groups in total. The molecule has 2 aromatic rings. The second-order valence-corrected chi connectivity index (χ2v) is 7.45. The molecule has 1 heterocycles. The maximum Gasteiger partial charge on any atom is 0.473 e. The van der Waals surface area contributed by atoms with Crippen LogP contribution in [0.25, 0.3) is 11.1 Å². The zero-order valence-electron chi connectivity index (χ0n) is 15.4. The molecule has 9 heteroatoms. The molecule has 0 aliphatic carbocycles. The molecule has 29 heavy (non-hydrogen) atoms. The summed E-state index contributed by atoms with van der Waals surface area (Å²) in [6.07, 6.45) is -4.34. The Morgan fingerprint density at radius 2 is 1.93 bits per heavy atom. The Morgan fingerprint density at radius 3 is 2.55 bits per heavy atom. The Labute approximate surface area is 170 Å². The number of rotatable bonds is 4. The lowest BCUT2D eigenvalue weighted by atomic mass is 9.99. The van der Waals surface area contributed by atoms with Crippen LogP contribution in [0.3, 0.4) is 0 Å². The van der Waals surface area contributed by atoms with Gasteiger partial charge in [0.1, 0.15) is 0 Å². The highest BCUT2D eigenvalue weighted by Gasteiger charge is 2.40. The second-order valence-electron chi connectivity index (χ2n) is 6.28. The van der Waals surface area contributed by atoms with Crippen LogP contribution in [0.2, 0.25) is 0 Å². The predicted octanol–water partition coefficient (Wildman–Crippen LogP) is 4.46. The lowest BCUT2D eigenvalue weighted by Crippen LogP contribution is -2.37. The summed E-state index contributed by atoms with van der Waals surface area (Å²) in [5, 5.41) is 10.5. The van der Waals surface area contributed by atoms with E-state index in [1.165, 1.54) is 5.01 Å². The fourth-order valence-corrected chi connectivity index (χ4v) is 3.76. The Balaban J connectivity index is 1.80. The monoisotopic (exact) mass is 418 g/mol. The van der Waals surface area contributed by atoms with Gasteiger partial charge in [0.25, 0.3) is 0 Å². The first-order chi connectivity index (χ1) is 13.8. The molecule has 1 saturated heterocycles. The van der Waals surface area contributed by atoms with Crippen LogP contribution < -0.4 is 5.43 Å². The number of hydrazine groups is 1. The smallest absolute Gasteiger partial charge is 0.281 e. The zero-order valence-corrected chi connectivity index (χ0v) is 16.2. The number of amidine groups is 1.